The van der Waals surface area contributed by atoms with Crippen LogP contribution < -0.4 is 4.74 Å². The number of methoxy groups -OCH3 is 1. The van der Waals surface area contributed by atoms with Gasteiger partial charge in [-0.2, -0.15) is 4.98 Å². The van der Waals surface area contributed by atoms with Crippen LogP contribution in [0.2, 0.25) is 5.02 Å². The number of benzene rings is 2. The van der Waals surface area contributed by atoms with Crippen molar-refractivity contribution < 1.29 is 18.4 Å². The molecule has 0 aliphatic carbocycles. The Labute approximate surface area is 190 Å². The van der Waals surface area contributed by atoms with Crippen LogP contribution in [0.1, 0.15) is 17.9 Å². The predicted molar refractivity (Wildman–Crippen MR) is 118 cm³/mol. The minimum absolute atomic E-state index is 0.0615. The van der Waals surface area contributed by atoms with E-state index >= 15 is 0 Å². The largest absolute Gasteiger partial charge is 0.494 e. The number of aromatic nitrogens is 2. The van der Waals surface area contributed by atoms with Gasteiger partial charge in [-0.15, -0.1) is 0 Å². The van der Waals surface area contributed by atoms with E-state index < -0.39 is 0 Å². The van der Waals surface area contributed by atoms with Crippen LogP contribution in [0.4, 0.5) is 4.39 Å². The Balaban J connectivity index is 1.23. The van der Waals surface area contributed by atoms with E-state index in [2.05, 4.69) is 15.0 Å². The number of halogens is 2. The molecule has 1 fully saturated rings. The fourth-order valence-corrected chi connectivity index (χ4v) is 3.79. The van der Waals surface area contributed by atoms with Crippen molar-refractivity contribution in [3.8, 4) is 17.1 Å². The molecule has 1 aromatic heterocycles. The molecule has 0 atom stereocenters. The van der Waals surface area contributed by atoms with Crippen LogP contribution in [0.15, 0.2) is 47.0 Å². The van der Waals surface area contributed by atoms with E-state index in [0.717, 1.165) is 24.2 Å². The SMILES string of the molecule is COc1ccc(CN2CCN(C(=O)CCc3nc(-c4ccc(Cl)cc4)no3)CC2)cc1F. The maximum Gasteiger partial charge on any atom is 0.227 e. The van der Waals surface area contributed by atoms with Gasteiger partial charge in [0.2, 0.25) is 17.6 Å². The molecule has 1 saturated heterocycles. The van der Waals surface area contributed by atoms with Crippen LogP contribution in [0.3, 0.4) is 0 Å². The first kappa shape index (κ1) is 22.2. The van der Waals surface area contributed by atoms with Crippen molar-refractivity contribution in [1.29, 1.82) is 0 Å². The number of hydrogen-bond donors (Lipinski definition) is 0. The first-order valence-corrected chi connectivity index (χ1v) is 10.8. The molecule has 0 unspecified atom stereocenters. The monoisotopic (exact) mass is 458 g/mol. The van der Waals surface area contributed by atoms with Gasteiger partial charge in [0.05, 0.1) is 7.11 Å². The molecule has 1 aliphatic heterocycles. The molecule has 2 aromatic carbocycles. The second-order valence-electron chi connectivity index (χ2n) is 7.64. The summed E-state index contributed by atoms with van der Waals surface area (Å²) in [6.07, 6.45) is 0.705. The summed E-state index contributed by atoms with van der Waals surface area (Å²) in [7, 11) is 1.45. The highest BCUT2D eigenvalue weighted by atomic mass is 35.5. The van der Waals surface area contributed by atoms with Gasteiger partial charge >= 0.3 is 0 Å². The minimum atomic E-state index is -0.362. The Kier molecular flexibility index (Phi) is 7.02. The minimum Gasteiger partial charge on any atom is -0.494 e. The summed E-state index contributed by atoms with van der Waals surface area (Å²) in [5.74, 6) is 0.854. The summed E-state index contributed by atoms with van der Waals surface area (Å²) in [5, 5.41) is 4.62. The predicted octanol–water partition coefficient (Wildman–Crippen LogP) is 3.81. The lowest BCUT2D eigenvalue weighted by Gasteiger charge is -2.34. The summed E-state index contributed by atoms with van der Waals surface area (Å²) < 4.78 is 24.1. The molecule has 1 amide bonds. The topological polar surface area (TPSA) is 71.7 Å². The van der Waals surface area contributed by atoms with E-state index in [4.69, 9.17) is 20.9 Å². The zero-order chi connectivity index (χ0) is 22.5. The number of amides is 1. The third-order valence-corrected chi connectivity index (χ3v) is 5.72. The Bertz CT molecular complexity index is 1070. The molecular formula is C23H24ClFN4O3. The Morgan fingerprint density at radius 2 is 1.91 bits per heavy atom. The molecule has 7 nitrogen and oxygen atoms in total. The van der Waals surface area contributed by atoms with E-state index in [1.807, 2.05) is 23.1 Å². The van der Waals surface area contributed by atoms with Crippen LogP contribution in [-0.2, 0) is 17.8 Å². The third-order valence-electron chi connectivity index (χ3n) is 5.47. The van der Waals surface area contributed by atoms with E-state index in [0.29, 0.717) is 49.2 Å². The second-order valence-corrected chi connectivity index (χ2v) is 8.08. The van der Waals surface area contributed by atoms with Gasteiger partial charge in [-0.05, 0) is 42.0 Å². The van der Waals surface area contributed by atoms with Crippen LogP contribution >= 0.6 is 11.6 Å². The number of carbonyl (C=O) groups is 1. The molecule has 0 saturated carbocycles. The van der Waals surface area contributed by atoms with Crippen LogP contribution in [0.25, 0.3) is 11.4 Å². The highest BCUT2D eigenvalue weighted by Crippen LogP contribution is 2.20. The average molecular weight is 459 g/mol. The van der Waals surface area contributed by atoms with Crippen molar-refractivity contribution in [3.63, 3.8) is 0 Å². The molecule has 0 N–H and O–H groups in total. The van der Waals surface area contributed by atoms with Gasteiger partial charge < -0.3 is 14.2 Å². The maximum atomic E-state index is 13.9. The van der Waals surface area contributed by atoms with E-state index in [1.54, 1.807) is 18.2 Å². The van der Waals surface area contributed by atoms with Gasteiger partial charge in [-0.3, -0.25) is 9.69 Å². The molecule has 0 spiro atoms. The standard InChI is InChI=1S/C23H24ClFN4O3/c1-31-20-7-2-16(14-19(20)25)15-28-10-12-29(13-11-28)22(30)9-8-21-26-23(27-32-21)17-3-5-18(24)6-4-17/h2-7,14H,8-13,15H2,1H3. The molecule has 0 bridgehead atoms. The normalized spacial score (nSPS) is 14.5. The lowest BCUT2D eigenvalue weighted by molar-refractivity contribution is -0.133. The van der Waals surface area contributed by atoms with Crippen LogP contribution in [0.5, 0.6) is 5.75 Å². The Morgan fingerprint density at radius 1 is 1.16 bits per heavy atom. The number of carbonyl (C=O) groups excluding carboxylic acids is 1. The first-order chi connectivity index (χ1) is 15.5. The molecule has 9 heteroatoms. The number of aryl methyl sites for hydroxylation is 1. The quantitative estimate of drug-likeness (QED) is 0.536. The number of piperazine rings is 1. The fraction of sp³-hybridized carbons (Fsp3) is 0.348. The van der Waals surface area contributed by atoms with Crippen molar-refractivity contribution in [2.75, 3.05) is 33.3 Å². The molecule has 0 radical (unpaired) electrons. The summed E-state index contributed by atoms with van der Waals surface area (Å²) in [5.41, 5.74) is 1.69. The first-order valence-electron chi connectivity index (χ1n) is 10.4. The van der Waals surface area contributed by atoms with Gasteiger partial charge in [0, 0.05) is 56.2 Å². The van der Waals surface area contributed by atoms with Crippen molar-refractivity contribution >= 4 is 17.5 Å². The number of nitrogens with zero attached hydrogens (tertiary/aromatic N) is 4. The van der Waals surface area contributed by atoms with Crippen molar-refractivity contribution in [2.45, 2.75) is 19.4 Å². The van der Waals surface area contributed by atoms with E-state index in [9.17, 15) is 9.18 Å². The summed E-state index contributed by atoms with van der Waals surface area (Å²) in [4.78, 5) is 21.0. The number of hydrogen-bond acceptors (Lipinski definition) is 6. The molecule has 168 valence electrons. The zero-order valence-corrected chi connectivity index (χ0v) is 18.5. The number of rotatable bonds is 7. The smallest absolute Gasteiger partial charge is 0.227 e. The van der Waals surface area contributed by atoms with Crippen molar-refractivity contribution in [2.24, 2.45) is 0 Å². The van der Waals surface area contributed by atoms with Crippen molar-refractivity contribution in [1.82, 2.24) is 19.9 Å². The van der Waals surface area contributed by atoms with Crippen LogP contribution in [-0.4, -0.2) is 59.1 Å². The third kappa shape index (κ3) is 5.44. The van der Waals surface area contributed by atoms with Gasteiger partial charge in [0.25, 0.3) is 0 Å². The van der Waals surface area contributed by atoms with Gasteiger partial charge in [0.1, 0.15) is 0 Å². The van der Waals surface area contributed by atoms with Crippen molar-refractivity contribution in [3.05, 3.63) is 64.8 Å². The molecular weight excluding hydrogens is 435 g/mol. The zero-order valence-electron chi connectivity index (χ0n) is 17.8. The molecule has 3 aromatic rings. The summed E-state index contributed by atoms with van der Waals surface area (Å²) in [6, 6.07) is 12.2. The average Bonchev–Trinajstić information content (AvgIpc) is 3.28. The molecule has 1 aliphatic rings. The lowest BCUT2D eigenvalue weighted by Crippen LogP contribution is -2.48. The Morgan fingerprint density at radius 3 is 2.59 bits per heavy atom. The lowest BCUT2D eigenvalue weighted by atomic mass is 10.1. The highest BCUT2D eigenvalue weighted by molar-refractivity contribution is 6.30. The van der Waals surface area contributed by atoms with E-state index in [-0.39, 0.29) is 17.5 Å². The Hall–Kier alpha value is -2.97. The maximum absolute atomic E-state index is 13.9. The summed E-state index contributed by atoms with van der Waals surface area (Å²) >= 11 is 5.90. The number of ether oxygens (including phenoxy) is 1. The van der Waals surface area contributed by atoms with E-state index in [1.165, 1.54) is 13.2 Å². The second kappa shape index (κ2) is 10.1. The fourth-order valence-electron chi connectivity index (χ4n) is 3.67. The van der Waals surface area contributed by atoms with Gasteiger partial charge in [-0.25, -0.2) is 4.39 Å². The van der Waals surface area contributed by atoms with Gasteiger partial charge in [-0.1, -0.05) is 22.8 Å². The molecule has 4 rings (SSSR count). The van der Waals surface area contributed by atoms with Crippen LogP contribution in [0, 0.1) is 5.82 Å². The molecule has 32 heavy (non-hydrogen) atoms. The summed E-state index contributed by atoms with van der Waals surface area (Å²) in [6.45, 7) is 3.38. The highest BCUT2D eigenvalue weighted by Gasteiger charge is 2.22. The molecule has 2 heterocycles. The van der Waals surface area contributed by atoms with Gasteiger partial charge in [0.15, 0.2) is 11.6 Å².